The van der Waals surface area contributed by atoms with Gasteiger partial charge in [-0.1, -0.05) is 34.1 Å². The predicted octanol–water partition coefficient (Wildman–Crippen LogP) is -2.14. The molecule has 1 unspecified atom stereocenters. The minimum atomic E-state index is -1.67. The van der Waals surface area contributed by atoms with E-state index in [4.69, 9.17) is 10.9 Å². The molecule has 10 amide bonds. The number of hydroxylamine groups is 1. The van der Waals surface area contributed by atoms with Gasteiger partial charge in [-0.2, -0.15) is 11.8 Å². The van der Waals surface area contributed by atoms with Crippen LogP contribution < -0.4 is 53.7 Å². The molecular weight excluding hydrogens is 809 g/mol. The predicted molar refractivity (Wildman–Crippen MR) is 216 cm³/mol. The molecule has 2 saturated heterocycles. The SMILES string of the molecule is CC(C)CC(CC(=O)NO)C(=O)N[C@H](C(=O)N[C@@H](CC(=O)O)C(=O)NCC(=O)NCC(=O)N[C@@H](CCCCNC(=O)CCCC[C@@H]1SC[C@@H]2NC(=O)N[C@@H]21)C(N)=O)C(C)C. The average Bonchev–Trinajstić information content (AvgIpc) is 3.73. The summed E-state index contributed by atoms with van der Waals surface area (Å²) in [4.78, 5) is 123. The molecule has 2 aliphatic rings. The first-order valence-electron chi connectivity index (χ1n) is 20.1. The second-order valence-corrected chi connectivity index (χ2v) is 17.0. The molecule has 338 valence electrons. The van der Waals surface area contributed by atoms with Crippen LogP contribution in [0.2, 0.25) is 0 Å². The Morgan fingerprint density at radius 1 is 0.767 bits per heavy atom. The van der Waals surface area contributed by atoms with Gasteiger partial charge in [-0.3, -0.25) is 48.4 Å². The lowest BCUT2D eigenvalue weighted by Gasteiger charge is -2.27. The molecule has 13 N–H and O–H groups in total. The Morgan fingerprint density at radius 3 is 2.10 bits per heavy atom. The molecule has 23 heteroatoms. The van der Waals surface area contributed by atoms with E-state index in [9.17, 15) is 53.1 Å². The summed E-state index contributed by atoms with van der Waals surface area (Å²) in [5.41, 5.74) is 6.91. The number of nitrogens with one attached hydrogen (secondary N) is 9. The minimum Gasteiger partial charge on any atom is -0.481 e. The van der Waals surface area contributed by atoms with Crippen molar-refractivity contribution in [2.45, 2.75) is 127 Å². The molecule has 0 spiro atoms. The van der Waals surface area contributed by atoms with Gasteiger partial charge in [0, 0.05) is 36.3 Å². The molecule has 2 aliphatic heterocycles. The third-order valence-corrected chi connectivity index (χ3v) is 11.3. The maximum atomic E-state index is 13.2. The molecule has 2 fully saturated rings. The van der Waals surface area contributed by atoms with E-state index in [-0.39, 0.29) is 49.2 Å². The van der Waals surface area contributed by atoms with Gasteiger partial charge >= 0.3 is 12.0 Å². The Bertz CT molecular complexity index is 1550. The highest BCUT2D eigenvalue weighted by Gasteiger charge is 2.42. The van der Waals surface area contributed by atoms with Gasteiger partial charge in [0.2, 0.25) is 47.3 Å². The van der Waals surface area contributed by atoms with Gasteiger partial charge in [-0.15, -0.1) is 0 Å². The maximum Gasteiger partial charge on any atom is 0.315 e. The van der Waals surface area contributed by atoms with Crippen molar-refractivity contribution in [3.8, 4) is 0 Å². The van der Waals surface area contributed by atoms with Crippen molar-refractivity contribution >= 4 is 71.0 Å². The molecule has 0 aliphatic carbocycles. The van der Waals surface area contributed by atoms with E-state index in [2.05, 4.69) is 42.5 Å². The van der Waals surface area contributed by atoms with Gasteiger partial charge < -0.3 is 53.4 Å². The number of thioether (sulfide) groups is 1. The second-order valence-electron chi connectivity index (χ2n) is 15.7. The summed E-state index contributed by atoms with van der Waals surface area (Å²) in [6.07, 6.45) is 2.96. The van der Waals surface area contributed by atoms with Crippen molar-refractivity contribution in [3.63, 3.8) is 0 Å². The van der Waals surface area contributed by atoms with Crippen molar-refractivity contribution in [1.82, 2.24) is 48.0 Å². The van der Waals surface area contributed by atoms with Gasteiger partial charge in [0.15, 0.2) is 0 Å². The van der Waals surface area contributed by atoms with Crippen LogP contribution in [0.3, 0.4) is 0 Å². The summed E-state index contributed by atoms with van der Waals surface area (Å²) in [5, 5.41) is 39.0. The molecule has 2 heterocycles. The number of hydrogen-bond acceptors (Lipinski definition) is 12. The van der Waals surface area contributed by atoms with Crippen LogP contribution in [0.1, 0.15) is 91.9 Å². The Kier molecular flexibility index (Phi) is 22.2. The molecule has 0 saturated carbocycles. The summed E-state index contributed by atoms with van der Waals surface area (Å²) < 4.78 is 0. The summed E-state index contributed by atoms with van der Waals surface area (Å²) in [5.74, 6) is -7.99. The molecule has 7 atom stereocenters. The monoisotopic (exact) mass is 870 g/mol. The zero-order valence-electron chi connectivity index (χ0n) is 34.6. The van der Waals surface area contributed by atoms with Crippen molar-refractivity contribution < 1.29 is 58.3 Å². The van der Waals surface area contributed by atoms with Crippen LogP contribution in [0.15, 0.2) is 0 Å². The van der Waals surface area contributed by atoms with Crippen LogP contribution in [-0.4, -0.2) is 130 Å². The molecule has 0 aromatic carbocycles. The van der Waals surface area contributed by atoms with E-state index < -0.39 is 96.8 Å². The first-order chi connectivity index (χ1) is 28.3. The quantitative estimate of drug-likeness (QED) is 0.0173. The van der Waals surface area contributed by atoms with Crippen LogP contribution in [0, 0.1) is 17.8 Å². The maximum absolute atomic E-state index is 13.2. The number of carbonyl (C=O) groups excluding carboxylic acids is 9. The number of primary amides is 1. The summed E-state index contributed by atoms with van der Waals surface area (Å²) >= 11 is 1.82. The van der Waals surface area contributed by atoms with E-state index in [0.29, 0.717) is 37.5 Å². The van der Waals surface area contributed by atoms with Gasteiger partial charge in [0.25, 0.3) is 0 Å². The van der Waals surface area contributed by atoms with Crippen molar-refractivity contribution in [3.05, 3.63) is 0 Å². The number of hydrogen-bond donors (Lipinski definition) is 12. The Labute approximate surface area is 352 Å². The van der Waals surface area contributed by atoms with Crippen LogP contribution in [-0.2, 0) is 43.2 Å². The minimum absolute atomic E-state index is 0.0235. The molecule has 60 heavy (non-hydrogen) atoms. The van der Waals surface area contributed by atoms with Crippen molar-refractivity contribution in [2.75, 3.05) is 25.4 Å². The first kappa shape index (κ1) is 51.0. The number of rotatable bonds is 28. The van der Waals surface area contributed by atoms with Crippen molar-refractivity contribution in [1.29, 1.82) is 0 Å². The largest absolute Gasteiger partial charge is 0.481 e. The normalized spacial score (nSPS) is 18.7. The third-order valence-electron chi connectivity index (χ3n) is 9.81. The smallest absolute Gasteiger partial charge is 0.315 e. The first-order valence-corrected chi connectivity index (χ1v) is 21.2. The molecular formula is C37H62N10O12S. The third kappa shape index (κ3) is 18.8. The molecule has 0 aromatic heterocycles. The van der Waals surface area contributed by atoms with Crippen LogP contribution >= 0.6 is 11.8 Å². The zero-order valence-corrected chi connectivity index (χ0v) is 35.4. The summed E-state index contributed by atoms with van der Waals surface area (Å²) in [6, 6.07) is -3.82. The molecule has 0 radical (unpaired) electrons. The number of unbranched alkanes of at least 4 members (excludes halogenated alkanes) is 2. The standard InChI is InChI=1S/C37H62N10O12S/c1-19(2)13-21(14-27(49)47-59)34(55)45-31(20(3)4)36(57)43-23(15-30(52)53)35(56)41-16-28(50)40-17-29(51)42-22(33(38)54)9-7-8-12-39-26(48)11-6-5-10-25-32-24(18-60-25)44-37(58)46-32/h19-25,31-32,59H,5-18H2,1-4H3,(H2,38,54)(H,39,48)(H,40,50)(H,41,56)(H,42,51)(H,43,57)(H,45,55)(H,47,49)(H,52,53)(H2,44,46,58)/t21?,22-,23-,24-,25-,31-,32-/m0/s1. The van der Waals surface area contributed by atoms with Crippen molar-refractivity contribution in [2.24, 2.45) is 23.5 Å². The Morgan fingerprint density at radius 2 is 1.47 bits per heavy atom. The number of urea groups is 1. The number of nitrogens with two attached hydrogens (primary N) is 1. The number of amides is 10. The van der Waals surface area contributed by atoms with Crippen LogP contribution in [0.25, 0.3) is 0 Å². The number of carboxylic acid groups (broad SMARTS) is 1. The molecule has 22 nitrogen and oxygen atoms in total. The van der Waals surface area contributed by atoms with Gasteiger partial charge in [-0.25, -0.2) is 10.3 Å². The molecule has 0 bridgehead atoms. The average molecular weight is 871 g/mol. The zero-order chi connectivity index (χ0) is 44.9. The lowest BCUT2D eigenvalue weighted by atomic mass is 9.92. The van der Waals surface area contributed by atoms with Crippen LogP contribution in [0.5, 0.6) is 0 Å². The van der Waals surface area contributed by atoms with Gasteiger partial charge in [0.1, 0.15) is 18.1 Å². The summed E-state index contributed by atoms with van der Waals surface area (Å²) in [7, 11) is 0. The topological polar surface area (TPSA) is 345 Å². The lowest BCUT2D eigenvalue weighted by molar-refractivity contribution is -0.141. The van der Waals surface area contributed by atoms with Crippen LogP contribution in [0.4, 0.5) is 4.79 Å². The summed E-state index contributed by atoms with van der Waals surface area (Å²) in [6.45, 7) is 5.87. The Hall–Kier alpha value is -5.19. The van der Waals surface area contributed by atoms with E-state index in [1.165, 1.54) is 5.48 Å². The van der Waals surface area contributed by atoms with E-state index in [0.717, 1.165) is 18.6 Å². The number of carbonyl (C=O) groups is 10. The number of aliphatic carboxylic acids is 1. The highest BCUT2D eigenvalue weighted by atomic mass is 32.2. The van der Waals surface area contributed by atoms with E-state index in [1.807, 2.05) is 25.6 Å². The fourth-order valence-electron chi connectivity index (χ4n) is 6.70. The molecule has 0 aromatic rings. The fraction of sp³-hybridized carbons (Fsp3) is 0.730. The molecule has 2 rings (SSSR count). The van der Waals surface area contributed by atoms with E-state index >= 15 is 0 Å². The fourth-order valence-corrected chi connectivity index (χ4v) is 8.24. The van der Waals surface area contributed by atoms with Gasteiger partial charge in [-0.05, 0) is 50.4 Å². The number of carboxylic acids is 1. The Balaban J connectivity index is 1.74. The lowest BCUT2D eigenvalue weighted by Crippen LogP contribution is -2.57. The van der Waals surface area contributed by atoms with Gasteiger partial charge in [0.05, 0.1) is 31.6 Å². The second kappa shape index (κ2) is 26.1. The highest BCUT2D eigenvalue weighted by molar-refractivity contribution is 8.00. The van der Waals surface area contributed by atoms with E-state index in [1.54, 1.807) is 13.8 Å². The highest BCUT2D eigenvalue weighted by Crippen LogP contribution is 2.33. The number of fused-ring (bicyclic) bond motifs is 1.